The van der Waals surface area contributed by atoms with E-state index in [4.69, 9.17) is 0 Å². The Morgan fingerprint density at radius 3 is 2.38 bits per heavy atom. The minimum Gasteiger partial charge on any atom is -0.366 e. The number of piperazine rings is 1. The molecule has 4 rings (SSSR count). The van der Waals surface area contributed by atoms with E-state index in [1.165, 1.54) is 11.0 Å². The van der Waals surface area contributed by atoms with Gasteiger partial charge in [0.2, 0.25) is 17.7 Å². The summed E-state index contributed by atoms with van der Waals surface area (Å²) in [5, 5.41) is 0. The first-order valence-electron chi connectivity index (χ1n) is 10.6. The predicted octanol–water partition coefficient (Wildman–Crippen LogP) is 2.57. The highest BCUT2D eigenvalue weighted by atomic mass is 19.1. The van der Waals surface area contributed by atoms with Crippen LogP contribution in [0.3, 0.4) is 0 Å². The van der Waals surface area contributed by atoms with Crippen LogP contribution in [0, 0.1) is 11.2 Å². The molecule has 1 aromatic carbocycles. The average molecular weight is 401 g/mol. The molecule has 1 aromatic rings. The SMILES string of the molecule is O=C(CCN1C(=O)CC2(CCCCC2)C1=O)N1CCN(c2ccccc2F)CC1. The zero-order chi connectivity index (χ0) is 20.4. The molecule has 0 aromatic heterocycles. The lowest BCUT2D eigenvalue weighted by Crippen LogP contribution is -2.49. The lowest BCUT2D eigenvalue weighted by molar-refractivity contribution is -0.143. The van der Waals surface area contributed by atoms with Crippen LogP contribution in [-0.2, 0) is 14.4 Å². The molecule has 1 aliphatic carbocycles. The minimum absolute atomic E-state index is 0.0524. The first kappa shape index (κ1) is 19.9. The molecule has 1 saturated carbocycles. The molecular formula is C22H28FN3O3. The molecular weight excluding hydrogens is 373 g/mol. The van der Waals surface area contributed by atoms with Crippen LogP contribution in [0.2, 0.25) is 0 Å². The van der Waals surface area contributed by atoms with Crippen LogP contribution in [-0.4, -0.2) is 60.2 Å². The number of imide groups is 1. The maximum absolute atomic E-state index is 14.0. The van der Waals surface area contributed by atoms with Gasteiger partial charge in [0.15, 0.2) is 0 Å². The zero-order valence-electron chi connectivity index (χ0n) is 16.7. The molecule has 0 radical (unpaired) electrons. The van der Waals surface area contributed by atoms with Gasteiger partial charge in [-0.3, -0.25) is 19.3 Å². The Morgan fingerprint density at radius 2 is 1.69 bits per heavy atom. The molecule has 7 heteroatoms. The minimum atomic E-state index is -0.496. The van der Waals surface area contributed by atoms with Gasteiger partial charge < -0.3 is 9.80 Å². The smallest absolute Gasteiger partial charge is 0.235 e. The van der Waals surface area contributed by atoms with Gasteiger partial charge in [-0.15, -0.1) is 0 Å². The molecule has 0 bridgehead atoms. The Labute approximate surface area is 170 Å². The van der Waals surface area contributed by atoms with Crippen LogP contribution in [0.4, 0.5) is 10.1 Å². The Bertz CT molecular complexity index is 798. The molecule has 2 aliphatic heterocycles. The number of hydrogen-bond donors (Lipinski definition) is 0. The van der Waals surface area contributed by atoms with Crippen molar-refractivity contribution < 1.29 is 18.8 Å². The summed E-state index contributed by atoms with van der Waals surface area (Å²) < 4.78 is 14.0. The van der Waals surface area contributed by atoms with Crippen LogP contribution in [0.1, 0.15) is 44.9 Å². The Balaban J connectivity index is 1.29. The summed E-state index contributed by atoms with van der Waals surface area (Å²) in [6, 6.07) is 6.66. The van der Waals surface area contributed by atoms with E-state index in [2.05, 4.69) is 0 Å². The predicted molar refractivity (Wildman–Crippen MR) is 107 cm³/mol. The second-order valence-corrected chi connectivity index (χ2v) is 8.44. The molecule has 2 heterocycles. The fourth-order valence-electron chi connectivity index (χ4n) is 4.98. The van der Waals surface area contributed by atoms with Crippen LogP contribution >= 0.6 is 0 Å². The van der Waals surface area contributed by atoms with Gasteiger partial charge in [-0.25, -0.2) is 4.39 Å². The van der Waals surface area contributed by atoms with Crippen molar-refractivity contribution in [1.82, 2.24) is 9.80 Å². The van der Waals surface area contributed by atoms with E-state index in [1.54, 1.807) is 23.1 Å². The molecule has 3 amide bonds. The topological polar surface area (TPSA) is 60.9 Å². The number of carbonyl (C=O) groups is 3. The number of nitrogens with zero attached hydrogens (tertiary/aromatic N) is 3. The van der Waals surface area contributed by atoms with Gasteiger partial charge in [0.05, 0.1) is 11.1 Å². The second kappa shape index (κ2) is 8.13. The molecule has 156 valence electrons. The fraction of sp³-hybridized carbons (Fsp3) is 0.591. The van der Waals surface area contributed by atoms with Gasteiger partial charge in [-0.05, 0) is 25.0 Å². The Kier molecular flexibility index (Phi) is 5.56. The monoisotopic (exact) mass is 401 g/mol. The summed E-state index contributed by atoms with van der Waals surface area (Å²) in [6.45, 7) is 2.33. The summed E-state index contributed by atoms with van der Waals surface area (Å²) in [5.74, 6) is -0.508. The number of likely N-dealkylation sites (tertiary alicyclic amines) is 1. The van der Waals surface area contributed by atoms with Crippen LogP contribution < -0.4 is 4.90 Å². The summed E-state index contributed by atoms with van der Waals surface area (Å²) >= 11 is 0. The molecule has 6 nitrogen and oxygen atoms in total. The fourth-order valence-corrected chi connectivity index (χ4v) is 4.98. The molecule has 0 N–H and O–H groups in total. The van der Waals surface area contributed by atoms with Gasteiger partial charge in [-0.2, -0.15) is 0 Å². The number of halogens is 1. The van der Waals surface area contributed by atoms with Crippen molar-refractivity contribution in [3.8, 4) is 0 Å². The standard InChI is InChI=1S/C22H28FN3O3/c23-17-6-2-3-7-18(17)24-12-14-25(15-13-24)19(27)8-11-26-20(28)16-22(21(26)29)9-4-1-5-10-22/h2-3,6-7H,1,4-5,8-16H2. The second-order valence-electron chi connectivity index (χ2n) is 8.44. The van der Waals surface area contributed by atoms with E-state index in [0.717, 1.165) is 32.1 Å². The van der Waals surface area contributed by atoms with Gasteiger partial charge in [0.25, 0.3) is 0 Å². The summed E-state index contributed by atoms with van der Waals surface area (Å²) in [7, 11) is 0. The van der Waals surface area contributed by atoms with E-state index < -0.39 is 5.41 Å². The highest BCUT2D eigenvalue weighted by Gasteiger charge is 2.51. The Hall–Kier alpha value is -2.44. The van der Waals surface area contributed by atoms with Crippen molar-refractivity contribution in [2.45, 2.75) is 44.9 Å². The molecule has 0 atom stereocenters. The lowest BCUT2D eigenvalue weighted by atomic mass is 9.73. The third-order valence-electron chi connectivity index (χ3n) is 6.67. The lowest BCUT2D eigenvalue weighted by Gasteiger charge is -2.36. The Morgan fingerprint density at radius 1 is 1.00 bits per heavy atom. The quantitative estimate of drug-likeness (QED) is 0.728. The molecule has 29 heavy (non-hydrogen) atoms. The number of benzene rings is 1. The zero-order valence-corrected chi connectivity index (χ0v) is 16.7. The number of rotatable bonds is 4. The van der Waals surface area contributed by atoms with Gasteiger partial charge in [0, 0.05) is 45.6 Å². The largest absolute Gasteiger partial charge is 0.366 e. The summed E-state index contributed by atoms with van der Waals surface area (Å²) in [5.41, 5.74) is 0.0645. The molecule has 0 unspecified atom stereocenters. The van der Waals surface area contributed by atoms with Crippen molar-refractivity contribution in [3.63, 3.8) is 0 Å². The van der Waals surface area contributed by atoms with Crippen molar-refractivity contribution >= 4 is 23.4 Å². The van der Waals surface area contributed by atoms with Crippen LogP contribution in [0.25, 0.3) is 0 Å². The third-order valence-corrected chi connectivity index (χ3v) is 6.67. The first-order chi connectivity index (χ1) is 14.0. The van der Waals surface area contributed by atoms with E-state index in [9.17, 15) is 18.8 Å². The number of amides is 3. The van der Waals surface area contributed by atoms with E-state index >= 15 is 0 Å². The van der Waals surface area contributed by atoms with E-state index in [0.29, 0.717) is 38.3 Å². The maximum Gasteiger partial charge on any atom is 0.235 e. The normalized spacial score (nSPS) is 21.9. The van der Waals surface area contributed by atoms with Crippen molar-refractivity contribution in [2.24, 2.45) is 5.41 Å². The number of anilines is 1. The molecule has 3 fully saturated rings. The van der Waals surface area contributed by atoms with E-state index in [-0.39, 0.29) is 36.5 Å². The van der Waals surface area contributed by atoms with Gasteiger partial charge in [-0.1, -0.05) is 31.4 Å². The van der Waals surface area contributed by atoms with Crippen molar-refractivity contribution in [1.29, 1.82) is 0 Å². The number of carbonyl (C=O) groups excluding carboxylic acids is 3. The maximum atomic E-state index is 14.0. The third kappa shape index (κ3) is 3.87. The first-order valence-corrected chi connectivity index (χ1v) is 10.6. The van der Waals surface area contributed by atoms with Crippen molar-refractivity contribution in [2.75, 3.05) is 37.6 Å². The van der Waals surface area contributed by atoms with Crippen LogP contribution in [0.5, 0.6) is 0 Å². The highest BCUT2D eigenvalue weighted by Crippen LogP contribution is 2.45. The molecule has 1 spiro atoms. The number of hydrogen-bond acceptors (Lipinski definition) is 4. The molecule has 3 aliphatic rings. The summed E-state index contributed by atoms with van der Waals surface area (Å²) in [4.78, 5) is 42.9. The van der Waals surface area contributed by atoms with Gasteiger partial charge in [0.1, 0.15) is 5.82 Å². The number of para-hydroxylation sites is 1. The molecule has 2 saturated heterocycles. The summed E-state index contributed by atoms with van der Waals surface area (Å²) in [6.07, 6.45) is 5.17. The average Bonchev–Trinajstić information content (AvgIpc) is 2.96. The van der Waals surface area contributed by atoms with Crippen LogP contribution in [0.15, 0.2) is 24.3 Å². The highest BCUT2D eigenvalue weighted by molar-refractivity contribution is 6.06. The van der Waals surface area contributed by atoms with Gasteiger partial charge >= 0.3 is 0 Å². The van der Waals surface area contributed by atoms with E-state index in [1.807, 2.05) is 4.90 Å². The van der Waals surface area contributed by atoms with Crippen molar-refractivity contribution in [3.05, 3.63) is 30.1 Å².